The van der Waals surface area contributed by atoms with Crippen molar-refractivity contribution in [3.05, 3.63) is 17.0 Å². The summed E-state index contributed by atoms with van der Waals surface area (Å²) in [6.07, 6.45) is 1.69. The Balaban J connectivity index is 1.81. The van der Waals surface area contributed by atoms with Gasteiger partial charge in [0.2, 0.25) is 10.0 Å². The quantitative estimate of drug-likeness (QED) is 0.771. The summed E-state index contributed by atoms with van der Waals surface area (Å²) in [7, 11) is -3.23. The Morgan fingerprint density at radius 2 is 2.00 bits per heavy atom. The lowest BCUT2D eigenvalue weighted by Crippen LogP contribution is -2.41. The van der Waals surface area contributed by atoms with Crippen LogP contribution in [0.5, 0.6) is 0 Å². The largest absolute Gasteiger partial charge is 0.378 e. The van der Waals surface area contributed by atoms with Crippen LogP contribution in [0.15, 0.2) is 0 Å². The van der Waals surface area contributed by atoms with E-state index < -0.39 is 10.0 Å². The first-order valence-corrected chi connectivity index (χ1v) is 8.70. The molecule has 1 saturated heterocycles. The van der Waals surface area contributed by atoms with E-state index in [2.05, 4.69) is 10.2 Å². The van der Waals surface area contributed by atoms with E-state index in [0.717, 1.165) is 5.56 Å². The first kappa shape index (κ1) is 14.5. The zero-order chi connectivity index (χ0) is 15.0. The molecule has 116 valence electrons. The monoisotopic (exact) mass is 314 g/mol. The molecule has 0 radical (unpaired) electrons. The van der Waals surface area contributed by atoms with Crippen LogP contribution in [0.4, 0.5) is 0 Å². The van der Waals surface area contributed by atoms with Gasteiger partial charge < -0.3 is 9.64 Å². The molecule has 3 rings (SSSR count). The van der Waals surface area contributed by atoms with Gasteiger partial charge in [-0.05, 0) is 6.42 Å². The van der Waals surface area contributed by atoms with Gasteiger partial charge in [-0.15, -0.1) is 0 Å². The molecule has 2 aliphatic rings. The molecule has 0 spiro atoms. The third-order valence-electron chi connectivity index (χ3n) is 3.87. The fourth-order valence-corrected chi connectivity index (χ4v) is 3.46. The molecule has 1 aromatic rings. The number of carbonyl (C=O) groups excluding carboxylic acids is 1. The number of nitrogens with one attached hydrogen (secondary N) is 1. The molecule has 21 heavy (non-hydrogen) atoms. The minimum atomic E-state index is -3.23. The predicted molar refractivity (Wildman–Crippen MR) is 74.3 cm³/mol. The topological polar surface area (TPSA) is 95.6 Å². The summed E-state index contributed by atoms with van der Waals surface area (Å²) in [6, 6.07) is 0. The second-order valence-electron chi connectivity index (χ2n) is 5.28. The number of ether oxygens (including phenoxy) is 1. The maximum absolute atomic E-state index is 12.5. The smallest absolute Gasteiger partial charge is 0.274 e. The third kappa shape index (κ3) is 2.81. The lowest BCUT2D eigenvalue weighted by molar-refractivity contribution is 0.0298. The maximum atomic E-state index is 12.5. The van der Waals surface area contributed by atoms with Gasteiger partial charge in [-0.3, -0.25) is 9.89 Å². The molecule has 0 unspecified atom stereocenters. The van der Waals surface area contributed by atoms with Crippen LogP contribution < -0.4 is 0 Å². The zero-order valence-corrected chi connectivity index (χ0v) is 12.6. The molecule has 0 saturated carbocycles. The van der Waals surface area contributed by atoms with Crippen LogP contribution in [-0.2, 0) is 27.7 Å². The number of H-pyrrole nitrogens is 1. The van der Waals surface area contributed by atoms with Crippen molar-refractivity contribution in [3.8, 4) is 0 Å². The molecule has 8 nitrogen and oxygen atoms in total. The highest BCUT2D eigenvalue weighted by atomic mass is 32.2. The Labute approximate surface area is 123 Å². The number of sulfonamides is 1. The number of hydrogen-bond acceptors (Lipinski definition) is 5. The van der Waals surface area contributed by atoms with Gasteiger partial charge in [-0.2, -0.15) is 9.40 Å². The number of nitrogens with zero attached hydrogens (tertiary/aromatic N) is 3. The number of morpholine rings is 1. The van der Waals surface area contributed by atoms with Gasteiger partial charge >= 0.3 is 0 Å². The molecule has 0 aliphatic carbocycles. The van der Waals surface area contributed by atoms with Crippen molar-refractivity contribution in [2.75, 3.05) is 39.1 Å². The fourth-order valence-electron chi connectivity index (χ4n) is 2.67. The van der Waals surface area contributed by atoms with Gasteiger partial charge in [0, 0.05) is 25.2 Å². The standard InChI is InChI=1S/C12H18N4O4S/c1-21(18,19)16-3-2-9-10(8-16)13-14-11(9)12(17)15-4-6-20-7-5-15/h2-8H2,1H3,(H,13,14). The van der Waals surface area contributed by atoms with E-state index in [1.807, 2.05) is 0 Å². The summed E-state index contributed by atoms with van der Waals surface area (Å²) in [6.45, 7) is 2.85. The van der Waals surface area contributed by atoms with E-state index in [4.69, 9.17) is 4.74 Å². The lowest BCUT2D eigenvalue weighted by Gasteiger charge is -2.27. The Kier molecular flexibility index (Phi) is 3.72. The number of amides is 1. The SMILES string of the molecule is CS(=O)(=O)N1CCc2c(C(=O)N3CCOCC3)n[nH]c2C1. The van der Waals surface area contributed by atoms with Gasteiger partial charge in [0.05, 0.1) is 31.7 Å². The van der Waals surface area contributed by atoms with Crippen LogP contribution in [0.25, 0.3) is 0 Å². The Morgan fingerprint density at radius 1 is 1.29 bits per heavy atom. The van der Waals surface area contributed by atoms with E-state index in [1.54, 1.807) is 4.90 Å². The minimum Gasteiger partial charge on any atom is -0.378 e. The van der Waals surface area contributed by atoms with Crippen LogP contribution in [0.2, 0.25) is 0 Å². The van der Waals surface area contributed by atoms with Gasteiger partial charge in [-0.25, -0.2) is 8.42 Å². The number of aromatic amines is 1. The van der Waals surface area contributed by atoms with E-state index >= 15 is 0 Å². The van der Waals surface area contributed by atoms with Gasteiger partial charge in [0.15, 0.2) is 5.69 Å². The van der Waals surface area contributed by atoms with Crippen molar-refractivity contribution < 1.29 is 17.9 Å². The molecule has 1 aromatic heterocycles. The third-order valence-corrected chi connectivity index (χ3v) is 5.12. The molecule has 9 heteroatoms. The summed E-state index contributed by atoms with van der Waals surface area (Å²) in [5.74, 6) is -0.108. The summed E-state index contributed by atoms with van der Waals surface area (Å²) in [4.78, 5) is 14.2. The van der Waals surface area contributed by atoms with E-state index in [1.165, 1.54) is 10.6 Å². The second-order valence-corrected chi connectivity index (χ2v) is 7.26. The summed E-state index contributed by atoms with van der Waals surface area (Å²) < 4.78 is 29.8. The average molecular weight is 314 g/mol. The molecular weight excluding hydrogens is 296 g/mol. The molecule has 0 atom stereocenters. The van der Waals surface area contributed by atoms with Crippen molar-refractivity contribution in [1.82, 2.24) is 19.4 Å². The van der Waals surface area contributed by atoms with Crippen LogP contribution in [0, 0.1) is 0 Å². The molecule has 2 aliphatic heterocycles. The van der Waals surface area contributed by atoms with Crippen LogP contribution in [-0.4, -0.2) is 72.8 Å². The molecule has 3 heterocycles. The Bertz CT molecular complexity index is 648. The van der Waals surface area contributed by atoms with E-state index in [0.29, 0.717) is 50.7 Å². The number of aromatic nitrogens is 2. The van der Waals surface area contributed by atoms with Gasteiger partial charge in [0.1, 0.15) is 0 Å². The average Bonchev–Trinajstić information content (AvgIpc) is 2.89. The van der Waals surface area contributed by atoms with E-state index in [9.17, 15) is 13.2 Å². The zero-order valence-electron chi connectivity index (χ0n) is 11.8. The molecule has 1 N–H and O–H groups in total. The Hall–Kier alpha value is -1.45. The van der Waals surface area contributed by atoms with Crippen LogP contribution in [0.3, 0.4) is 0 Å². The predicted octanol–water partition coefficient (Wildman–Crippen LogP) is -0.800. The second kappa shape index (κ2) is 5.39. The van der Waals surface area contributed by atoms with Gasteiger partial charge in [0.25, 0.3) is 5.91 Å². The maximum Gasteiger partial charge on any atom is 0.274 e. The molecule has 1 fully saturated rings. The molecule has 0 bridgehead atoms. The highest BCUT2D eigenvalue weighted by molar-refractivity contribution is 7.88. The van der Waals surface area contributed by atoms with Crippen LogP contribution in [0.1, 0.15) is 21.7 Å². The normalized spacial score (nSPS) is 20.3. The van der Waals surface area contributed by atoms with Crippen LogP contribution >= 0.6 is 0 Å². The molecular formula is C12H18N4O4S. The van der Waals surface area contributed by atoms with Crippen molar-refractivity contribution in [2.24, 2.45) is 0 Å². The summed E-state index contributed by atoms with van der Waals surface area (Å²) in [5.41, 5.74) is 1.97. The van der Waals surface area contributed by atoms with Crippen molar-refractivity contribution in [2.45, 2.75) is 13.0 Å². The minimum absolute atomic E-state index is 0.108. The van der Waals surface area contributed by atoms with Crippen molar-refractivity contribution in [1.29, 1.82) is 0 Å². The van der Waals surface area contributed by atoms with Crippen molar-refractivity contribution in [3.63, 3.8) is 0 Å². The van der Waals surface area contributed by atoms with Gasteiger partial charge in [-0.1, -0.05) is 0 Å². The first-order valence-electron chi connectivity index (χ1n) is 6.85. The molecule has 1 amide bonds. The van der Waals surface area contributed by atoms with Crippen molar-refractivity contribution >= 4 is 15.9 Å². The summed E-state index contributed by atoms with van der Waals surface area (Å²) in [5, 5.41) is 6.92. The number of rotatable bonds is 2. The number of hydrogen-bond donors (Lipinski definition) is 1. The summed E-state index contributed by atoms with van der Waals surface area (Å²) >= 11 is 0. The Morgan fingerprint density at radius 3 is 2.67 bits per heavy atom. The number of fused-ring (bicyclic) bond motifs is 1. The highest BCUT2D eigenvalue weighted by Crippen LogP contribution is 2.23. The molecule has 0 aromatic carbocycles. The van der Waals surface area contributed by atoms with E-state index in [-0.39, 0.29) is 12.5 Å². The fraction of sp³-hybridized carbons (Fsp3) is 0.667. The highest BCUT2D eigenvalue weighted by Gasteiger charge is 2.31. The number of carbonyl (C=O) groups is 1. The first-order chi connectivity index (χ1) is 9.97. The lowest BCUT2D eigenvalue weighted by atomic mass is 10.1.